The van der Waals surface area contributed by atoms with E-state index >= 15 is 0 Å². The number of nitrogens with one attached hydrogen (secondary N) is 1. The molecule has 3 N–H and O–H groups in total. The van der Waals surface area contributed by atoms with Crippen LogP contribution in [0, 0.1) is 11.3 Å². The van der Waals surface area contributed by atoms with Gasteiger partial charge in [0, 0.05) is 35.5 Å². The van der Waals surface area contributed by atoms with E-state index in [9.17, 15) is 10.1 Å². The minimum absolute atomic E-state index is 0.195. The SMILES string of the molecule is COc1ncc(-c2cccc3cc([C@H](C)Nc4nccc(N)c4C#N)n(-c4ccccc4)c(=O)c23)cn1. The highest BCUT2D eigenvalue weighted by Gasteiger charge is 2.20. The number of rotatable bonds is 6. The molecule has 37 heavy (non-hydrogen) atoms. The van der Waals surface area contributed by atoms with Crippen LogP contribution in [0.15, 0.2) is 84.0 Å². The van der Waals surface area contributed by atoms with E-state index in [0.717, 1.165) is 5.39 Å². The summed E-state index contributed by atoms with van der Waals surface area (Å²) >= 11 is 0. The topological polar surface area (TPSA) is 132 Å². The van der Waals surface area contributed by atoms with Gasteiger partial charge in [0.2, 0.25) is 0 Å². The molecule has 0 radical (unpaired) electrons. The van der Waals surface area contributed by atoms with Crippen LogP contribution in [0.5, 0.6) is 6.01 Å². The summed E-state index contributed by atoms with van der Waals surface area (Å²) in [5.74, 6) is 0.353. The minimum atomic E-state index is -0.397. The number of nitrogens with zero attached hydrogens (tertiary/aromatic N) is 5. The average molecular weight is 490 g/mol. The molecule has 0 aliphatic rings. The van der Waals surface area contributed by atoms with Crippen molar-refractivity contribution < 1.29 is 4.74 Å². The van der Waals surface area contributed by atoms with Gasteiger partial charge < -0.3 is 15.8 Å². The number of fused-ring (bicyclic) bond motifs is 1. The maximum atomic E-state index is 14.2. The lowest BCUT2D eigenvalue weighted by Crippen LogP contribution is -2.26. The van der Waals surface area contributed by atoms with E-state index in [1.807, 2.05) is 61.5 Å². The summed E-state index contributed by atoms with van der Waals surface area (Å²) < 4.78 is 6.75. The fraction of sp³-hybridized carbons (Fsp3) is 0.107. The van der Waals surface area contributed by atoms with Crippen LogP contribution in [0.3, 0.4) is 0 Å². The number of hydrogen-bond acceptors (Lipinski definition) is 8. The normalized spacial score (nSPS) is 11.6. The number of para-hydroxylation sites is 1. The van der Waals surface area contributed by atoms with Crippen LogP contribution in [0.2, 0.25) is 0 Å². The van der Waals surface area contributed by atoms with Crippen LogP contribution >= 0.6 is 0 Å². The molecular weight excluding hydrogens is 466 g/mol. The highest BCUT2D eigenvalue weighted by atomic mass is 16.5. The molecule has 0 aliphatic carbocycles. The molecule has 0 aliphatic heterocycles. The van der Waals surface area contributed by atoms with Crippen molar-refractivity contribution in [2.75, 3.05) is 18.2 Å². The second-order valence-electron chi connectivity index (χ2n) is 8.38. The molecule has 0 bridgehead atoms. The molecule has 2 aromatic carbocycles. The molecule has 182 valence electrons. The van der Waals surface area contributed by atoms with Crippen molar-refractivity contribution in [2.45, 2.75) is 13.0 Å². The van der Waals surface area contributed by atoms with Crippen molar-refractivity contribution in [1.82, 2.24) is 19.5 Å². The van der Waals surface area contributed by atoms with Gasteiger partial charge in [0.15, 0.2) is 0 Å². The minimum Gasteiger partial charge on any atom is -0.467 e. The van der Waals surface area contributed by atoms with E-state index in [4.69, 9.17) is 10.5 Å². The zero-order chi connectivity index (χ0) is 25.9. The fourth-order valence-corrected chi connectivity index (χ4v) is 4.33. The van der Waals surface area contributed by atoms with Crippen LogP contribution in [-0.2, 0) is 0 Å². The van der Waals surface area contributed by atoms with Gasteiger partial charge >= 0.3 is 6.01 Å². The first kappa shape index (κ1) is 23.5. The number of ether oxygens (including phenoxy) is 1. The Balaban J connectivity index is 1.73. The maximum Gasteiger partial charge on any atom is 0.316 e. The Labute approximate surface area is 212 Å². The van der Waals surface area contributed by atoms with Crippen molar-refractivity contribution in [2.24, 2.45) is 0 Å². The number of pyridine rings is 2. The third kappa shape index (κ3) is 4.32. The standard InChI is InChI=1S/C28H23N7O2/c1-17(34-26-22(14-29)23(30)11-12-31-26)24-13-18-7-6-10-21(19-15-32-28(37-2)33-16-19)25(18)27(36)35(24)20-8-4-3-5-9-20/h3-13,15-17H,1-2H3,(H3,30,31,34)/t17-/m0/s1. The maximum absolute atomic E-state index is 14.2. The van der Waals surface area contributed by atoms with E-state index in [1.165, 1.54) is 7.11 Å². The van der Waals surface area contributed by atoms with E-state index in [1.54, 1.807) is 29.2 Å². The van der Waals surface area contributed by atoms with E-state index in [2.05, 4.69) is 26.3 Å². The molecule has 0 saturated carbocycles. The van der Waals surface area contributed by atoms with Crippen LogP contribution in [0.1, 0.15) is 24.2 Å². The van der Waals surface area contributed by atoms with Gasteiger partial charge in [-0.1, -0.05) is 36.4 Å². The van der Waals surface area contributed by atoms with Crippen LogP contribution in [0.4, 0.5) is 11.5 Å². The Bertz CT molecular complexity index is 1690. The first-order valence-corrected chi connectivity index (χ1v) is 11.5. The number of hydrogen-bond donors (Lipinski definition) is 2. The monoisotopic (exact) mass is 489 g/mol. The molecule has 0 amide bonds. The number of aromatic nitrogens is 4. The van der Waals surface area contributed by atoms with Crippen molar-refractivity contribution >= 4 is 22.3 Å². The molecule has 0 spiro atoms. The Hall–Kier alpha value is -5.23. The predicted octanol–water partition coefficient (Wildman–Crippen LogP) is 4.48. The smallest absolute Gasteiger partial charge is 0.316 e. The number of anilines is 2. The van der Waals surface area contributed by atoms with Crippen molar-refractivity contribution in [3.05, 3.63) is 101 Å². The van der Waals surface area contributed by atoms with Crippen LogP contribution in [0.25, 0.3) is 27.6 Å². The summed E-state index contributed by atoms with van der Waals surface area (Å²) in [7, 11) is 1.50. The highest BCUT2D eigenvalue weighted by molar-refractivity contribution is 5.96. The Morgan fingerprint density at radius 2 is 1.81 bits per heavy atom. The van der Waals surface area contributed by atoms with Crippen molar-refractivity contribution in [3.63, 3.8) is 0 Å². The lowest BCUT2D eigenvalue weighted by atomic mass is 9.99. The summed E-state index contributed by atoms with van der Waals surface area (Å²) in [6.45, 7) is 1.91. The average Bonchev–Trinajstić information content (AvgIpc) is 2.93. The molecule has 9 heteroatoms. The van der Waals surface area contributed by atoms with Gasteiger partial charge in [-0.05, 0) is 42.1 Å². The number of methoxy groups -OCH3 is 1. The quantitative estimate of drug-likeness (QED) is 0.357. The summed E-state index contributed by atoms with van der Waals surface area (Å²) in [5.41, 5.74) is 9.19. The zero-order valence-corrected chi connectivity index (χ0v) is 20.2. The second-order valence-corrected chi connectivity index (χ2v) is 8.38. The lowest BCUT2D eigenvalue weighted by Gasteiger charge is -2.22. The first-order chi connectivity index (χ1) is 18.0. The number of nitriles is 1. The van der Waals surface area contributed by atoms with Crippen molar-refractivity contribution in [1.29, 1.82) is 5.26 Å². The zero-order valence-electron chi connectivity index (χ0n) is 20.2. The third-order valence-electron chi connectivity index (χ3n) is 6.10. The van der Waals surface area contributed by atoms with Gasteiger partial charge in [-0.15, -0.1) is 0 Å². The first-order valence-electron chi connectivity index (χ1n) is 11.5. The third-order valence-corrected chi connectivity index (χ3v) is 6.10. The summed E-state index contributed by atoms with van der Waals surface area (Å²) in [6.07, 6.45) is 4.82. The molecule has 5 aromatic rings. The molecule has 3 aromatic heterocycles. The highest BCUT2D eigenvalue weighted by Crippen LogP contribution is 2.30. The van der Waals surface area contributed by atoms with Gasteiger partial charge in [-0.3, -0.25) is 9.36 Å². The van der Waals surface area contributed by atoms with Gasteiger partial charge in [-0.25, -0.2) is 15.0 Å². The molecular formula is C28H23N7O2. The number of nitrogens with two attached hydrogens (primary N) is 1. The van der Waals surface area contributed by atoms with Gasteiger partial charge in [0.1, 0.15) is 17.5 Å². The molecule has 5 rings (SSSR count). The Kier molecular flexibility index (Phi) is 6.22. The molecule has 3 heterocycles. The van der Waals surface area contributed by atoms with E-state index in [0.29, 0.717) is 39.4 Å². The summed E-state index contributed by atoms with van der Waals surface area (Å²) in [6, 6.07) is 20.6. The predicted molar refractivity (Wildman–Crippen MR) is 143 cm³/mol. The molecule has 0 fully saturated rings. The Morgan fingerprint density at radius 3 is 2.51 bits per heavy atom. The summed E-state index contributed by atoms with van der Waals surface area (Å²) in [5, 5.41) is 14.2. The molecule has 1 atom stereocenters. The van der Waals surface area contributed by atoms with Gasteiger partial charge in [-0.2, -0.15) is 5.26 Å². The van der Waals surface area contributed by atoms with E-state index in [-0.39, 0.29) is 17.1 Å². The Morgan fingerprint density at radius 1 is 1.05 bits per heavy atom. The lowest BCUT2D eigenvalue weighted by molar-refractivity contribution is 0.380. The van der Waals surface area contributed by atoms with Crippen LogP contribution < -0.4 is 21.3 Å². The van der Waals surface area contributed by atoms with E-state index < -0.39 is 6.04 Å². The van der Waals surface area contributed by atoms with Crippen LogP contribution in [-0.4, -0.2) is 26.6 Å². The number of benzene rings is 2. The molecule has 0 unspecified atom stereocenters. The largest absolute Gasteiger partial charge is 0.467 e. The van der Waals surface area contributed by atoms with Crippen molar-refractivity contribution in [3.8, 4) is 28.9 Å². The van der Waals surface area contributed by atoms with Gasteiger partial charge in [0.05, 0.1) is 24.2 Å². The fourth-order valence-electron chi connectivity index (χ4n) is 4.33. The molecule has 9 nitrogen and oxygen atoms in total. The molecule has 0 saturated heterocycles. The van der Waals surface area contributed by atoms with Gasteiger partial charge in [0.25, 0.3) is 5.56 Å². The number of nitrogen functional groups attached to an aromatic ring is 1. The summed E-state index contributed by atoms with van der Waals surface area (Å²) in [4.78, 5) is 26.9. The second kappa shape index (κ2) is 9.79.